The first-order valence-corrected chi connectivity index (χ1v) is 7.75. The van der Waals surface area contributed by atoms with E-state index >= 15 is 0 Å². The van der Waals surface area contributed by atoms with Gasteiger partial charge in [0.25, 0.3) is 0 Å². The van der Waals surface area contributed by atoms with E-state index in [1.807, 2.05) is 0 Å². The van der Waals surface area contributed by atoms with Gasteiger partial charge in [0.1, 0.15) is 0 Å². The van der Waals surface area contributed by atoms with Crippen molar-refractivity contribution in [3.8, 4) is 0 Å². The molecule has 3 N–H and O–H groups in total. The van der Waals surface area contributed by atoms with Crippen LogP contribution in [0.4, 0.5) is 0 Å². The van der Waals surface area contributed by atoms with Crippen LogP contribution in [0.1, 0.15) is 23.7 Å². The van der Waals surface area contributed by atoms with Crippen LogP contribution in [0.5, 0.6) is 0 Å². The van der Waals surface area contributed by atoms with Gasteiger partial charge in [-0.15, -0.1) is 0 Å². The van der Waals surface area contributed by atoms with Gasteiger partial charge >= 0.3 is 5.97 Å². The quantitative estimate of drug-likeness (QED) is 0.714. The standard InChI is InChI=1S/C11H14BrNO5S/c1-2-7(6-14)13-19(17,18)8-3-4-10(12)9(5-8)11(15)16/h3-5,7,13-14H,2,6H2,1H3,(H,15,16). The van der Waals surface area contributed by atoms with Gasteiger partial charge in [-0.1, -0.05) is 6.92 Å². The van der Waals surface area contributed by atoms with E-state index in [0.717, 1.165) is 6.07 Å². The summed E-state index contributed by atoms with van der Waals surface area (Å²) in [6.07, 6.45) is 0.429. The van der Waals surface area contributed by atoms with Crippen LogP contribution in [-0.4, -0.2) is 37.2 Å². The molecular weight excluding hydrogens is 338 g/mol. The molecule has 0 heterocycles. The zero-order valence-corrected chi connectivity index (χ0v) is 12.5. The Bertz CT molecular complexity index is 568. The highest BCUT2D eigenvalue weighted by molar-refractivity contribution is 9.10. The van der Waals surface area contributed by atoms with Crippen LogP contribution in [0.15, 0.2) is 27.6 Å². The summed E-state index contributed by atoms with van der Waals surface area (Å²) in [7, 11) is -3.85. The molecule has 8 heteroatoms. The van der Waals surface area contributed by atoms with Gasteiger partial charge in [0.15, 0.2) is 0 Å². The highest BCUT2D eigenvalue weighted by Gasteiger charge is 2.21. The van der Waals surface area contributed by atoms with E-state index in [0.29, 0.717) is 10.9 Å². The van der Waals surface area contributed by atoms with Crippen LogP contribution >= 0.6 is 15.9 Å². The number of aromatic carboxylic acids is 1. The van der Waals surface area contributed by atoms with Gasteiger partial charge in [0.2, 0.25) is 10.0 Å². The Morgan fingerprint density at radius 2 is 2.11 bits per heavy atom. The van der Waals surface area contributed by atoms with Crippen molar-refractivity contribution in [1.29, 1.82) is 0 Å². The van der Waals surface area contributed by atoms with Gasteiger partial charge in [-0.3, -0.25) is 0 Å². The van der Waals surface area contributed by atoms with Gasteiger partial charge in [-0.2, -0.15) is 0 Å². The van der Waals surface area contributed by atoms with Crippen molar-refractivity contribution in [2.45, 2.75) is 24.3 Å². The number of carboxylic acids is 1. The summed E-state index contributed by atoms with van der Waals surface area (Å²) >= 11 is 3.04. The normalized spacial score (nSPS) is 13.2. The molecule has 0 bridgehead atoms. The number of carboxylic acid groups (broad SMARTS) is 1. The van der Waals surface area contributed by atoms with Crippen molar-refractivity contribution >= 4 is 31.9 Å². The topological polar surface area (TPSA) is 104 Å². The van der Waals surface area contributed by atoms with Crippen molar-refractivity contribution < 1.29 is 23.4 Å². The van der Waals surface area contributed by atoms with Crippen molar-refractivity contribution in [2.24, 2.45) is 0 Å². The number of aliphatic hydroxyl groups excluding tert-OH is 1. The van der Waals surface area contributed by atoms with Gasteiger partial charge < -0.3 is 10.2 Å². The first-order valence-electron chi connectivity index (χ1n) is 5.47. The van der Waals surface area contributed by atoms with Crippen molar-refractivity contribution in [1.82, 2.24) is 4.72 Å². The van der Waals surface area contributed by atoms with Crippen LogP contribution in [0, 0.1) is 0 Å². The lowest BCUT2D eigenvalue weighted by Crippen LogP contribution is -2.36. The second-order valence-electron chi connectivity index (χ2n) is 3.86. The number of nitrogens with one attached hydrogen (secondary N) is 1. The maximum atomic E-state index is 12.0. The average Bonchev–Trinajstić information content (AvgIpc) is 2.35. The fourth-order valence-electron chi connectivity index (χ4n) is 1.37. The van der Waals surface area contributed by atoms with Gasteiger partial charge in [0.05, 0.1) is 17.1 Å². The molecule has 19 heavy (non-hydrogen) atoms. The molecule has 0 aliphatic carbocycles. The Balaban J connectivity index is 3.15. The Morgan fingerprint density at radius 1 is 1.47 bits per heavy atom. The second-order valence-corrected chi connectivity index (χ2v) is 6.42. The lowest BCUT2D eigenvalue weighted by molar-refractivity contribution is 0.0695. The highest BCUT2D eigenvalue weighted by atomic mass is 79.9. The van der Waals surface area contributed by atoms with Crippen LogP contribution < -0.4 is 4.72 Å². The molecule has 0 aromatic heterocycles. The molecule has 0 radical (unpaired) electrons. The minimum atomic E-state index is -3.85. The van der Waals surface area contributed by atoms with Crippen LogP contribution in [0.3, 0.4) is 0 Å². The predicted octanol–water partition coefficient (Wildman–Crippen LogP) is 1.20. The maximum Gasteiger partial charge on any atom is 0.336 e. The Morgan fingerprint density at radius 3 is 2.58 bits per heavy atom. The number of benzene rings is 1. The van der Waals surface area contributed by atoms with Gasteiger partial charge in [-0.05, 0) is 40.5 Å². The summed E-state index contributed by atoms with van der Waals surface area (Å²) in [4.78, 5) is 10.8. The maximum absolute atomic E-state index is 12.0. The average molecular weight is 352 g/mol. The molecule has 0 saturated heterocycles. The molecule has 0 fully saturated rings. The summed E-state index contributed by atoms with van der Waals surface area (Å²) in [5.41, 5.74) is -0.139. The molecular formula is C11H14BrNO5S. The molecule has 1 aromatic rings. The molecule has 6 nitrogen and oxygen atoms in total. The molecule has 1 rings (SSSR count). The molecule has 1 atom stereocenters. The summed E-state index contributed by atoms with van der Waals surface area (Å²) in [5, 5.41) is 17.9. The Kier molecular flexibility index (Phi) is 5.48. The Hall–Kier alpha value is -0.960. The smallest absolute Gasteiger partial charge is 0.336 e. The monoisotopic (exact) mass is 351 g/mol. The third-order valence-electron chi connectivity index (χ3n) is 2.51. The molecule has 0 saturated carbocycles. The third kappa shape index (κ3) is 4.00. The summed E-state index contributed by atoms with van der Waals surface area (Å²) in [6.45, 7) is 1.41. The molecule has 0 aliphatic rings. The number of hydrogen-bond acceptors (Lipinski definition) is 4. The van der Waals surface area contributed by atoms with Gasteiger partial charge in [-0.25, -0.2) is 17.9 Å². The summed E-state index contributed by atoms with van der Waals surface area (Å²) in [5.74, 6) is -1.22. The lowest BCUT2D eigenvalue weighted by atomic mass is 10.2. The number of carbonyl (C=O) groups is 1. The van der Waals surface area contributed by atoms with Crippen LogP contribution in [0.2, 0.25) is 0 Å². The Labute approximate surface area is 119 Å². The molecule has 1 aromatic carbocycles. The number of rotatable bonds is 6. The third-order valence-corrected chi connectivity index (χ3v) is 4.72. The number of hydrogen-bond donors (Lipinski definition) is 3. The number of halogens is 1. The van der Waals surface area contributed by atoms with Crippen molar-refractivity contribution in [3.05, 3.63) is 28.2 Å². The molecule has 0 spiro atoms. The summed E-state index contributed by atoms with van der Waals surface area (Å²) < 4.78 is 26.6. The van der Waals surface area contributed by atoms with E-state index in [9.17, 15) is 13.2 Å². The first kappa shape index (κ1) is 16.1. The van der Waals surface area contributed by atoms with Crippen LogP contribution in [0.25, 0.3) is 0 Å². The largest absolute Gasteiger partial charge is 0.478 e. The van der Waals surface area contributed by atoms with E-state index in [1.54, 1.807) is 6.92 Å². The highest BCUT2D eigenvalue weighted by Crippen LogP contribution is 2.21. The first-order chi connectivity index (χ1) is 8.81. The second kappa shape index (κ2) is 6.47. The zero-order chi connectivity index (χ0) is 14.6. The zero-order valence-electron chi connectivity index (χ0n) is 10.1. The minimum Gasteiger partial charge on any atom is -0.478 e. The van der Waals surface area contributed by atoms with E-state index in [2.05, 4.69) is 20.7 Å². The van der Waals surface area contributed by atoms with E-state index in [-0.39, 0.29) is 17.1 Å². The minimum absolute atomic E-state index is 0.139. The van der Waals surface area contributed by atoms with E-state index < -0.39 is 22.0 Å². The van der Waals surface area contributed by atoms with Gasteiger partial charge in [0, 0.05) is 10.5 Å². The molecule has 1 unspecified atom stereocenters. The molecule has 106 valence electrons. The fraction of sp³-hybridized carbons (Fsp3) is 0.364. The fourth-order valence-corrected chi connectivity index (χ4v) is 3.13. The summed E-state index contributed by atoms with van der Waals surface area (Å²) in [6, 6.07) is 3.13. The SMILES string of the molecule is CCC(CO)NS(=O)(=O)c1ccc(Br)c(C(=O)O)c1. The van der Waals surface area contributed by atoms with E-state index in [4.69, 9.17) is 10.2 Å². The van der Waals surface area contributed by atoms with E-state index in [1.165, 1.54) is 12.1 Å². The predicted molar refractivity (Wildman–Crippen MR) is 72.6 cm³/mol. The van der Waals surface area contributed by atoms with Crippen LogP contribution in [-0.2, 0) is 10.0 Å². The van der Waals surface area contributed by atoms with Crippen molar-refractivity contribution in [3.63, 3.8) is 0 Å². The molecule has 0 amide bonds. The molecule has 0 aliphatic heterocycles. The van der Waals surface area contributed by atoms with Crippen molar-refractivity contribution in [2.75, 3.05) is 6.61 Å². The lowest BCUT2D eigenvalue weighted by Gasteiger charge is -2.14. The number of sulfonamides is 1. The number of aliphatic hydroxyl groups is 1.